The van der Waals surface area contributed by atoms with Crippen molar-refractivity contribution in [2.75, 3.05) is 11.9 Å². The van der Waals surface area contributed by atoms with E-state index in [1.54, 1.807) is 7.05 Å². The molecule has 0 spiro atoms. The molecule has 17 heavy (non-hydrogen) atoms. The average molecular weight is 236 g/mol. The maximum atomic E-state index is 12.7. The van der Waals surface area contributed by atoms with Crippen LogP contribution in [0.5, 0.6) is 0 Å². The highest BCUT2D eigenvalue weighted by molar-refractivity contribution is 6.13. The molecule has 2 amide bonds. The predicted octanol–water partition coefficient (Wildman–Crippen LogP) is 1.05. The Balaban J connectivity index is 2.21. The minimum atomic E-state index is -1.04. The zero-order chi connectivity index (χ0) is 12.6. The second-order valence-electron chi connectivity index (χ2n) is 4.29. The summed E-state index contributed by atoms with van der Waals surface area (Å²) in [5.41, 5.74) is 4.73. The molecule has 2 rings (SSSR count). The zero-order valence-corrected chi connectivity index (χ0v) is 9.44. The van der Waals surface area contributed by atoms with Gasteiger partial charge < -0.3 is 10.6 Å². The highest BCUT2D eigenvalue weighted by Crippen LogP contribution is 2.47. The third-order valence-corrected chi connectivity index (χ3v) is 3.15. The van der Waals surface area contributed by atoms with Gasteiger partial charge in [0.05, 0.1) is 0 Å². The first-order valence-electron chi connectivity index (χ1n) is 5.31. The van der Waals surface area contributed by atoms with Crippen molar-refractivity contribution in [2.24, 2.45) is 11.1 Å². The molecule has 90 valence electrons. The molecule has 1 aromatic carbocycles. The van der Waals surface area contributed by atoms with Crippen LogP contribution in [0.15, 0.2) is 24.3 Å². The number of carbonyl (C=O) groups is 2. The van der Waals surface area contributed by atoms with E-state index in [1.807, 2.05) is 0 Å². The van der Waals surface area contributed by atoms with Gasteiger partial charge in [0.2, 0.25) is 11.8 Å². The normalized spacial score (nSPS) is 16.4. The van der Waals surface area contributed by atoms with E-state index in [9.17, 15) is 14.0 Å². The van der Waals surface area contributed by atoms with Crippen molar-refractivity contribution < 1.29 is 14.0 Å². The van der Waals surface area contributed by atoms with Gasteiger partial charge in [-0.1, -0.05) is 0 Å². The van der Waals surface area contributed by atoms with Crippen LogP contribution in [0.25, 0.3) is 0 Å². The summed E-state index contributed by atoms with van der Waals surface area (Å²) in [6.07, 6.45) is 0.986. The van der Waals surface area contributed by atoms with E-state index >= 15 is 0 Å². The molecule has 0 aliphatic heterocycles. The smallest absolute Gasteiger partial charge is 0.242 e. The second kappa shape index (κ2) is 3.84. The molecule has 0 saturated heterocycles. The van der Waals surface area contributed by atoms with E-state index in [2.05, 4.69) is 0 Å². The number of anilines is 1. The van der Waals surface area contributed by atoms with Crippen molar-refractivity contribution in [3.63, 3.8) is 0 Å². The zero-order valence-electron chi connectivity index (χ0n) is 9.44. The van der Waals surface area contributed by atoms with Crippen molar-refractivity contribution in [3.05, 3.63) is 30.1 Å². The fourth-order valence-electron chi connectivity index (χ4n) is 1.79. The lowest BCUT2D eigenvalue weighted by molar-refractivity contribution is -0.133. The number of hydrogen-bond acceptors (Lipinski definition) is 2. The van der Waals surface area contributed by atoms with E-state index in [1.165, 1.54) is 29.2 Å². The van der Waals surface area contributed by atoms with Crippen LogP contribution in [0.2, 0.25) is 0 Å². The monoisotopic (exact) mass is 236 g/mol. The lowest BCUT2D eigenvalue weighted by Crippen LogP contribution is -2.41. The Morgan fingerprint density at radius 1 is 1.29 bits per heavy atom. The molecule has 0 heterocycles. The third kappa shape index (κ3) is 1.88. The molecule has 1 aromatic rings. The van der Waals surface area contributed by atoms with Gasteiger partial charge in [-0.25, -0.2) is 4.39 Å². The van der Waals surface area contributed by atoms with Crippen LogP contribution in [0.3, 0.4) is 0 Å². The summed E-state index contributed by atoms with van der Waals surface area (Å²) in [5.74, 6) is -1.28. The second-order valence-corrected chi connectivity index (χ2v) is 4.29. The highest BCUT2D eigenvalue weighted by Gasteiger charge is 2.56. The number of primary amides is 1. The van der Waals surface area contributed by atoms with Crippen molar-refractivity contribution in [3.8, 4) is 0 Å². The van der Waals surface area contributed by atoms with Crippen LogP contribution >= 0.6 is 0 Å². The summed E-state index contributed by atoms with van der Waals surface area (Å²) in [5, 5.41) is 0. The van der Waals surface area contributed by atoms with Gasteiger partial charge >= 0.3 is 0 Å². The lowest BCUT2D eigenvalue weighted by Gasteiger charge is -2.21. The number of hydrogen-bond donors (Lipinski definition) is 1. The van der Waals surface area contributed by atoms with E-state index in [-0.39, 0.29) is 11.7 Å². The summed E-state index contributed by atoms with van der Waals surface area (Å²) in [6.45, 7) is 0. The van der Waals surface area contributed by atoms with Gasteiger partial charge in [0.25, 0.3) is 0 Å². The number of rotatable bonds is 3. The summed E-state index contributed by atoms with van der Waals surface area (Å²) < 4.78 is 12.7. The Bertz CT molecular complexity index is 466. The van der Waals surface area contributed by atoms with Gasteiger partial charge in [-0.05, 0) is 37.1 Å². The number of benzene rings is 1. The van der Waals surface area contributed by atoms with E-state index < -0.39 is 11.3 Å². The number of nitrogens with two attached hydrogens (primary N) is 1. The van der Waals surface area contributed by atoms with Crippen LogP contribution in [-0.4, -0.2) is 18.9 Å². The first kappa shape index (κ1) is 11.6. The molecule has 0 unspecified atom stereocenters. The Labute approximate surface area is 98.2 Å². The van der Waals surface area contributed by atoms with Crippen molar-refractivity contribution >= 4 is 17.5 Å². The molecule has 1 aliphatic rings. The molecule has 1 fully saturated rings. The Hall–Kier alpha value is -1.91. The molecule has 0 bridgehead atoms. The Morgan fingerprint density at radius 3 is 2.24 bits per heavy atom. The lowest BCUT2D eigenvalue weighted by atomic mass is 10.0. The highest BCUT2D eigenvalue weighted by atomic mass is 19.1. The number of carbonyl (C=O) groups excluding carboxylic acids is 2. The van der Waals surface area contributed by atoms with Crippen LogP contribution in [0, 0.1) is 11.2 Å². The molecular weight excluding hydrogens is 223 g/mol. The average Bonchev–Trinajstić information content (AvgIpc) is 3.09. The fourth-order valence-corrected chi connectivity index (χ4v) is 1.79. The van der Waals surface area contributed by atoms with Crippen LogP contribution < -0.4 is 10.6 Å². The Morgan fingerprint density at radius 2 is 1.82 bits per heavy atom. The summed E-state index contributed by atoms with van der Waals surface area (Å²) in [4.78, 5) is 24.7. The first-order chi connectivity index (χ1) is 7.97. The number of amides is 2. The van der Waals surface area contributed by atoms with Gasteiger partial charge in [-0.2, -0.15) is 0 Å². The predicted molar refractivity (Wildman–Crippen MR) is 60.7 cm³/mol. The molecule has 2 N–H and O–H groups in total. The van der Waals surface area contributed by atoms with Crippen molar-refractivity contribution in [1.82, 2.24) is 0 Å². The van der Waals surface area contributed by atoms with Crippen molar-refractivity contribution in [2.45, 2.75) is 12.8 Å². The maximum absolute atomic E-state index is 12.7. The molecule has 0 aromatic heterocycles. The van der Waals surface area contributed by atoms with Crippen LogP contribution in [-0.2, 0) is 9.59 Å². The minimum Gasteiger partial charge on any atom is -0.369 e. The van der Waals surface area contributed by atoms with Gasteiger partial charge in [0, 0.05) is 12.7 Å². The summed E-state index contributed by atoms with van der Waals surface area (Å²) >= 11 is 0. The number of nitrogens with zero attached hydrogens (tertiary/aromatic N) is 1. The summed E-state index contributed by atoms with van der Waals surface area (Å²) in [7, 11) is 1.55. The molecule has 4 nitrogen and oxygen atoms in total. The largest absolute Gasteiger partial charge is 0.369 e. The Kier molecular flexibility index (Phi) is 2.61. The van der Waals surface area contributed by atoms with E-state index in [4.69, 9.17) is 5.73 Å². The van der Waals surface area contributed by atoms with Gasteiger partial charge in [-0.15, -0.1) is 0 Å². The van der Waals surface area contributed by atoms with Crippen LogP contribution in [0.1, 0.15) is 12.8 Å². The summed E-state index contributed by atoms with van der Waals surface area (Å²) in [6, 6.07) is 5.51. The van der Waals surface area contributed by atoms with Crippen molar-refractivity contribution in [1.29, 1.82) is 0 Å². The number of halogens is 1. The van der Waals surface area contributed by atoms with E-state index in [0.717, 1.165) is 0 Å². The molecular formula is C12H13FN2O2. The van der Waals surface area contributed by atoms with Crippen LogP contribution in [0.4, 0.5) is 10.1 Å². The third-order valence-electron chi connectivity index (χ3n) is 3.15. The molecule has 0 radical (unpaired) electrons. The topological polar surface area (TPSA) is 63.4 Å². The van der Waals surface area contributed by atoms with Gasteiger partial charge in [0.1, 0.15) is 11.2 Å². The minimum absolute atomic E-state index is 0.323. The first-order valence-corrected chi connectivity index (χ1v) is 5.31. The van der Waals surface area contributed by atoms with E-state index in [0.29, 0.717) is 18.5 Å². The van der Waals surface area contributed by atoms with Gasteiger partial charge in [0.15, 0.2) is 0 Å². The molecule has 5 heteroatoms. The van der Waals surface area contributed by atoms with Gasteiger partial charge in [-0.3, -0.25) is 9.59 Å². The molecule has 0 atom stereocenters. The standard InChI is InChI=1S/C12H13FN2O2/c1-15(9-4-2-8(13)3-5-9)11(17)12(6-7-12)10(14)16/h2-5H,6-7H2,1H3,(H2,14,16). The molecule has 1 aliphatic carbocycles. The fraction of sp³-hybridized carbons (Fsp3) is 0.333. The SMILES string of the molecule is CN(C(=O)C1(C(N)=O)CC1)c1ccc(F)cc1. The quantitative estimate of drug-likeness (QED) is 0.797. The maximum Gasteiger partial charge on any atom is 0.242 e. The molecule has 1 saturated carbocycles.